The van der Waals surface area contributed by atoms with E-state index < -0.39 is 12.1 Å². The van der Waals surface area contributed by atoms with Crippen molar-refractivity contribution < 1.29 is 19.4 Å². The SMILES string of the molecule is N=C(NCc1ccccc1)Nc1cccc(C(=O)Nc2cccc(OC(CC(=O)O)c3cccnc3)c2)c1. The zero-order valence-corrected chi connectivity index (χ0v) is 20.4. The number of aromatic nitrogens is 1. The van der Waals surface area contributed by atoms with Crippen LogP contribution < -0.4 is 20.7 Å². The quantitative estimate of drug-likeness (QED) is 0.149. The summed E-state index contributed by atoms with van der Waals surface area (Å²) in [6, 6.07) is 26.8. The van der Waals surface area contributed by atoms with E-state index in [1.165, 1.54) is 0 Å². The molecule has 1 atom stereocenters. The molecule has 5 N–H and O–H groups in total. The van der Waals surface area contributed by atoms with E-state index in [9.17, 15) is 14.7 Å². The van der Waals surface area contributed by atoms with Gasteiger partial charge >= 0.3 is 5.97 Å². The standard InChI is InChI=1S/C29H27N5O4/c30-29(32-18-20-7-2-1-3-8-20)34-23-11-4-9-21(15-23)28(37)33-24-12-5-13-25(16-24)38-26(17-27(35)36)22-10-6-14-31-19-22/h1-16,19,26H,17-18H2,(H,33,37)(H,35,36)(H3,30,32,34). The number of nitrogens with zero attached hydrogens (tertiary/aromatic N) is 1. The summed E-state index contributed by atoms with van der Waals surface area (Å²) in [7, 11) is 0. The number of benzene rings is 3. The number of nitrogens with one attached hydrogen (secondary N) is 4. The van der Waals surface area contributed by atoms with Crippen molar-refractivity contribution in [1.29, 1.82) is 5.41 Å². The van der Waals surface area contributed by atoms with Crippen LogP contribution in [0.3, 0.4) is 0 Å². The predicted octanol–water partition coefficient (Wildman–Crippen LogP) is 5.07. The molecular weight excluding hydrogens is 482 g/mol. The average Bonchev–Trinajstić information content (AvgIpc) is 2.93. The molecule has 192 valence electrons. The van der Waals surface area contributed by atoms with Gasteiger partial charge in [-0.3, -0.25) is 20.0 Å². The highest BCUT2D eigenvalue weighted by Crippen LogP contribution is 2.27. The number of guanidine groups is 1. The highest BCUT2D eigenvalue weighted by molar-refractivity contribution is 6.05. The maximum Gasteiger partial charge on any atom is 0.307 e. The highest BCUT2D eigenvalue weighted by atomic mass is 16.5. The molecule has 38 heavy (non-hydrogen) atoms. The van der Waals surface area contributed by atoms with E-state index in [4.69, 9.17) is 10.1 Å². The van der Waals surface area contributed by atoms with Crippen LogP contribution in [0.5, 0.6) is 5.75 Å². The number of carbonyl (C=O) groups is 2. The minimum atomic E-state index is -1.000. The smallest absolute Gasteiger partial charge is 0.307 e. The van der Waals surface area contributed by atoms with Crippen LogP contribution in [0.2, 0.25) is 0 Å². The number of ether oxygens (including phenoxy) is 1. The molecule has 1 aromatic heterocycles. The zero-order chi connectivity index (χ0) is 26.7. The number of hydrogen-bond acceptors (Lipinski definition) is 5. The van der Waals surface area contributed by atoms with E-state index in [0.29, 0.717) is 34.8 Å². The Morgan fingerprint density at radius 3 is 2.39 bits per heavy atom. The summed E-state index contributed by atoms with van der Waals surface area (Å²) >= 11 is 0. The molecule has 9 heteroatoms. The van der Waals surface area contributed by atoms with Crippen molar-refractivity contribution in [3.05, 3.63) is 120 Å². The number of carboxylic acid groups (broad SMARTS) is 1. The van der Waals surface area contributed by atoms with Crippen LogP contribution in [0.25, 0.3) is 0 Å². The Morgan fingerprint density at radius 1 is 0.895 bits per heavy atom. The maximum absolute atomic E-state index is 12.9. The lowest BCUT2D eigenvalue weighted by molar-refractivity contribution is -0.138. The summed E-state index contributed by atoms with van der Waals surface area (Å²) in [5, 5.41) is 26.2. The molecule has 1 heterocycles. The van der Waals surface area contributed by atoms with Gasteiger partial charge in [0.05, 0.1) is 6.42 Å². The Morgan fingerprint density at radius 2 is 1.66 bits per heavy atom. The maximum atomic E-state index is 12.9. The number of hydrogen-bond donors (Lipinski definition) is 5. The molecule has 0 saturated heterocycles. The Hall–Kier alpha value is -5.18. The van der Waals surface area contributed by atoms with E-state index >= 15 is 0 Å². The van der Waals surface area contributed by atoms with Gasteiger partial charge in [-0.05, 0) is 42.0 Å². The average molecular weight is 510 g/mol. The molecule has 4 rings (SSSR count). The van der Waals surface area contributed by atoms with Crippen LogP contribution in [0.1, 0.15) is 34.0 Å². The molecule has 0 aliphatic carbocycles. The molecule has 0 spiro atoms. The van der Waals surface area contributed by atoms with Gasteiger partial charge in [-0.1, -0.05) is 48.5 Å². The van der Waals surface area contributed by atoms with Crippen LogP contribution in [0.4, 0.5) is 11.4 Å². The molecule has 0 fully saturated rings. The van der Waals surface area contributed by atoms with Gasteiger partial charge in [0.25, 0.3) is 5.91 Å². The van der Waals surface area contributed by atoms with Crippen LogP contribution in [0.15, 0.2) is 103 Å². The number of pyridine rings is 1. The minimum absolute atomic E-state index is 0.112. The largest absolute Gasteiger partial charge is 0.485 e. The first-order valence-corrected chi connectivity index (χ1v) is 11.9. The van der Waals surface area contributed by atoms with E-state index in [2.05, 4.69) is 20.9 Å². The third-order valence-electron chi connectivity index (χ3n) is 5.49. The second kappa shape index (κ2) is 12.7. The lowest BCUT2D eigenvalue weighted by atomic mass is 10.1. The first-order chi connectivity index (χ1) is 18.5. The van der Waals surface area contributed by atoms with Crippen molar-refractivity contribution in [2.45, 2.75) is 19.1 Å². The topological polar surface area (TPSA) is 136 Å². The Labute approximate surface area is 220 Å². The van der Waals surface area contributed by atoms with Crippen molar-refractivity contribution >= 4 is 29.2 Å². The van der Waals surface area contributed by atoms with Crippen molar-refractivity contribution in [2.75, 3.05) is 10.6 Å². The fourth-order valence-electron chi connectivity index (χ4n) is 3.68. The second-order valence-electron chi connectivity index (χ2n) is 8.39. The van der Waals surface area contributed by atoms with Crippen LogP contribution >= 0.6 is 0 Å². The normalized spacial score (nSPS) is 11.2. The van der Waals surface area contributed by atoms with Gasteiger partial charge in [0.1, 0.15) is 11.9 Å². The predicted molar refractivity (Wildman–Crippen MR) is 145 cm³/mol. The molecule has 0 aliphatic rings. The summed E-state index contributed by atoms with van der Waals surface area (Å²) in [5.41, 5.74) is 3.17. The first-order valence-electron chi connectivity index (χ1n) is 11.9. The molecule has 0 aliphatic heterocycles. The number of carbonyl (C=O) groups excluding carboxylic acids is 1. The zero-order valence-electron chi connectivity index (χ0n) is 20.4. The molecule has 0 saturated carbocycles. The van der Waals surface area contributed by atoms with Crippen molar-refractivity contribution in [2.24, 2.45) is 0 Å². The van der Waals surface area contributed by atoms with Crippen LogP contribution in [0, 0.1) is 5.41 Å². The molecule has 1 amide bonds. The highest BCUT2D eigenvalue weighted by Gasteiger charge is 2.18. The monoisotopic (exact) mass is 509 g/mol. The minimum Gasteiger partial charge on any atom is -0.485 e. The summed E-state index contributed by atoms with van der Waals surface area (Å²) < 4.78 is 5.94. The lowest BCUT2D eigenvalue weighted by Crippen LogP contribution is -2.29. The third kappa shape index (κ3) is 7.66. The lowest BCUT2D eigenvalue weighted by Gasteiger charge is -2.18. The van der Waals surface area contributed by atoms with E-state index in [1.807, 2.05) is 30.3 Å². The molecule has 4 aromatic rings. The first kappa shape index (κ1) is 25.9. The van der Waals surface area contributed by atoms with Gasteiger partial charge in [0.2, 0.25) is 0 Å². The van der Waals surface area contributed by atoms with Gasteiger partial charge in [-0.2, -0.15) is 0 Å². The fourth-order valence-corrected chi connectivity index (χ4v) is 3.68. The van der Waals surface area contributed by atoms with E-state index in [1.54, 1.807) is 73.1 Å². The van der Waals surface area contributed by atoms with Gasteiger partial charge in [0.15, 0.2) is 5.96 Å². The summed E-state index contributed by atoms with van der Waals surface area (Å²) in [4.78, 5) is 28.3. The van der Waals surface area contributed by atoms with Crippen LogP contribution in [-0.2, 0) is 11.3 Å². The van der Waals surface area contributed by atoms with Gasteiger partial charge < -0.3 is 25.8 Å². The van der Waals surface area contributed by atoms with Crippen molar-refractivity contribution in [3.8, 4) is 5.75 Å². The molecule has 3 aromatic carbocycles. The number of anilines is 2. The molecule has 9 nitrogen and oxygen atoms in total. The summed E-state index contributed by atoms with van der Waals surface area (Å²) in [6.07, 6.45) is 2.20. The number of aliphatic carboxylic acids is 1. The Balaban J connectivity index is 1.38. The fraction of sp³-hybridized carbons (Fsp3) is 0.103. The van der Waals surface area contributed by atoms with Gasteiger partial charge in [0, 0.05) is 47.5 Å². The van der Waals surface area contributed by atoms with Crippen molar-refractivity contribution in [1.82, 2.24) is 10.3 Å². The van der Waals surface area contributed by atoms with E-state index in [0.717, 1.165) is 5.56 Å². The summed E-state index contributed by atoms with van der Waals surface area (Å²) in [5.74, 6) is -0.823. The molecule has 0 radical (unpaired) electrons. The third-order valence-corrected chi connectivity index (χ3v) is 5.49. The Bertz CT molecular complexity index is 1400. The molecule has 0 bridgehead atoms. The van der Waals surface area contributed by atoms with Crippen molar-refractivity contribution in [3.63, 3.8) is 0 Å². The molecular formula is C29H27N5O4. The number of carboxylic acids is 1. The number of rotatable bonds is 10. The van der Waals surface area contributed by atoms with Gasteiger partial charge in [-0.25, -0.2) is 0 Å². The van der Waals surface area contributed by atoms with Crippen LogP contribution in [-0.4, -0.2) is 27.9 Å². The molecule has 1 unspecified atom stereocenters. The number of amides is 1. The van der Waals surface area contributed by atoms with Gasteiger partial charge in [-0.15, -0.1) is 0 Å². The Kier molecular flexibility index (Phi) is 8.64. The van der Waals surface area contributed by atoms with E-state index in [-0.39, 0.29) is 18.3 Å². The second-order valence-corrected chi connectivity index (χ2v) is 8.39. The summed E-state index contributed by atoms with van der Waals surface area (Å²) in [6.45, 7) is 0.499.